The first-order valence-corrected chi connectivity index (χ1v) is 13.5. The molecule has 2 aliphatic rings. The average molecular weight is 506 g/mol. The number of carbonyl (C=O) groups is 2. The third-order valence-electron chi connectivity index (χ3n) is 7.53. The summed E-state index contributed by atoms with van der Waals surface area (Å²) in [6.07, 6.45) is 1.67. The lowest BCUT2D eigenvalue weighted by Gasteiger charge is -2.41. The molecule has 0 radical (unpaired) electrons. The van der Waals surface area contributed by atoms with Gasteiger partial charge in [-0.15, -0.1) is 11.3 Å². The average Bonchev–Trinajstić information content (AvgIpc) is 3.24. The Kier molecular flexibility index (Phi) is 7.21. The monoisotopic (exact) mass is 505 g/mol. The van der Waals surface area contributed by atoms with Crippen molar-refractivity contribution in [1.29, 1.82) is 0 Å². The van der Waals surface area contributed by atoms with Gasteiger partial charge in [0.2, 0.25) is 5.91 Å². The van der Waals surface area contributed by atoms with Crippen molar-refractivity contribution >= 4 is 23.2 Å². The summed E-state index contributed by atoms with van der Waals surface area (Å²) < 4.78 is 13.3. The smallest absolute Gasteiger partial charge is 0.253 e. The first kappa shape index (κ1) is 24.7. The fourth-order valence-corrected chi connectivity index (χ4v) is 6.42. The molecule has 3 aromatic rings. The summed E-state index contributed by atoms with van der Waals surface area (Å²) >= 11 is 1.80. The highest BCUT2D eigenvalue weighted by molar-refractivity contribution is 7.10. The van der Waals surface area contributed by atoms with E-state index in [0.717, 1.165) is 19.4 Å². The molecule has 2 aliphatic heterocycles. The Morgan fingerprint density at radius 1 is 0.917 bits per heavy atom. The maximum absolute atomic E-state index is 13.8. The highest BCUT2D eigenvalue weighted by atomic mass is 32.1. The predicted octanol–water partition coefficient (Wildman–Crippen LogP) is 4.91. The Bertz CT molecular complexity index is 1240. The molecular weight excluding hydrogens is 473 g/mol. The van der Waals surface area contributed by atoms with E-state index in [1.807, 2.05) is 11.8 Å². The highest BCUT2D eigenvalue weighted by Crippen LogP contribution is 2.40. The van der Waals surface area contributed by atoms with Crippen LogP contribution in [0.3, 0.4) is 0 Å². The van der Waals surface area contributed by atoms with Crippen molar-refractivity contribution in [1.82, 2.24) is 14.7 Å². The van der Waals surface area contributed by atoms with Crippen molar-refractivity contribution in [3.8, 4) is 0 Å². The van der Waals surface area contributed by atoms with Gasteiger partial charge in [-0.3, -0.25) is 14.5 Å². The largest absolute Gasteiger partial charge is 0.340 e. The van der Waals surface area contributed by atoms with Gasteiger partial charge in [0, 0.05) is 43.2 Å². The lowest BCUT2D eigenvalue weighted by molar-refractivity contribution is -0.137. The summed E-state index contributed by atoms with van der Waals surface area (Å²) in [6.45, 7) is 7.19. The van der Waals surface area contributed by atoms with Crippen LogP contribution in [0, 0.1) is 12.7 Å². The van der Waals surface area contributed by atoms with Gasteiger partial charge in [-0.1, -0.05) is 24.3 Å². The van der Waals surface area contributed by atoms with E-state index in [0.29, 0.717) is 31.7 Å². The van der Waals surface area contributed by atoms with Crippen LogP contribution >= 0.6 is 11.3 Å². The molecule has 5 nitrogen and oxygen atoms in total. The number of fused-ring (bicyclic) bond motifs is 1. The Morgan fingerprint density at radius 3 is 2.42 bits per heavy atom. The van der Waals surface area contributed by atoms with Crippen molar-refractivity contribution in [2.24, 2.45) is 0 Å². The van der Waals surface area contributed by atoms with Crippen molar-refractivity contribution in [3.63, 3.8) is 0 Å². The summed E-state index contributed by atoms with van der Waals surface area (Å²) in [4.78, 5) is 34.2. The summed E-state index contributed by atoms with van der Waals surface area (Å²) in [5.41, 5.74) is 4.27. The number of thiophene rings is 1. The van der Waals surface area contributed by atoms with E-state index in [1.165, 1.54) is 45.8 Å². The van der Waals surface area contributed by atoms with Gasteiger partial charge in [-0.25, -0.2) is 4.39 Å². The van der Waals surface area contributed by atoms with E-state index in [2.05, 4.69) is 47.5 Å². The molecule has 2 amide bonds. The maximum Gasteiger partial charge on any atom is 0.253 e. The molecule has 0 N–H and O–H groups in total. The van der Waals surface area contributed by atoms with Crippen LogP contribution in [-0.4, -0.2) is 65.3 Å². The van der Waals surface area contributed by atoms with Gasteiger partial charge in [-0.2, -0.15) is 0 Å². The molecule has 0 bridgehead atoms. The first-order valence-electron chi connectivity index (χ1n) is 12.6. The van der Waals surface area contributed by atoms with E-state index in [9.17, 15) is 14.0 Å². The number of nitrogens with zero attached hydrogens (tertiary/aromatic N) is 3. The Morgan fingerprint density at radius 2 is 1.64 bits per heavy atom. The lowest BCUT2D eigenvalue weighted by atomic mass is 9.89. The molecule has 36 heavy (non-hydrogen) atoms. The van der Waals surface area contributed by atoms with Gasteiger partial charge in [0.25, 0.3) is 5.91 Å². The van der Waals surface area contributed by atoms with Crippen molar-refractivity contribution in [3.05, 3.63) is 92.9 Å². The van der Waals surface area contributed by atoms with E-state index < -0.39 is 0 Å². The number of hydrogen-bond acceptors (Lipinski definition) is 4. The topological polar surface area (TPSA) is 43.9 Å². The van der Waals surface area contributed by atoms with Crippen LogP contribution in [0.5, 0.6) is 0 Å². The second kappa shape index (κ2) is 10.5. The molecule has 3 heterocycles. The zero-order valence-corrected chi connectivity index (χ0v) is 21.6. The molecule has 188 valence electrons. The van der Waals surface area contributed by atoms with Crippen LogP contribution in [0.15, 0.2) is 60.0 Å². The van der Waals surface area contributed by atoms with Gasteiger partial charge in [0.1, 0.15) is 5.82 Å². The Labute approximate surface area is 216 Å². The van der Waals surface area contributed by atoms with Gasteiger partial charge in [0.15, 0.2) is 0 Å². The van der Waals surface area contributed by atoms with Crippen LogP contribution in [0.25, 0.3) is 0 Å². The van der Waals surface area contributed by atoms with Gasteiger partial charge < -0.3 is 9.80 Å². The standard InChI is InChI=1S/C29H32FN3O2S/c1-20-6-3-4-7-24(20)27-25-13-19-36-26(25)12-16-33(27)21(2)28(34)31-14-5-15-32(18-17-31)29(35)22-8-10-23(30)11-9-22/h3-4,6-11,13,19,21,27H,5,12,14-18H2,1-2H3. The molecule has 1 saturated heterocycles. The molecule has 2 atom stereocenters. The summed E-state index contributed by atoms with van der Waals surface area (Å²) in [6, 6.07) is 16.1. The number of halogens is 1. The third kappa shape index (κ3) is 4.82. The molecule has 0 saturated carbocycles. The quantitative estimate of drug-likeness (QED) is 0.506. The molecule has 1 fully saturated rings. The zero-order chi connectivity index (χ0) is 25.2. The Hall–Kier alpha value is -3.03. The van der Waals surface area contributed by atoms with Gasteiger partial charge >= 0.3 is 0 Å². The van der Waals surface area contributed by atoms with Crippen molar-refractivity contribution in [2.75, 3.05) is 32.7 Å². The number of amides is 2. The van der Waals surface area contributed by atoms with Crippen LogP contribution < -0.4 is 0 Å². The summed E-state index contributed by atoms with van der Waals surface area (Å²) in [7, 11) is 0. The zero-order valence-electron chi connectivity index (χ0n) is 20.8. The van der Waals surface area contributed by atoms with Crippen LogP contribution in [0.1, 0.15) is 51.3 Å². The number of rotatable bonds is 4. The Balaban J connectivity index is 1.32. The van der Waals surface area contributed by atoms with E-state index in [1.54, 1.807) is 16.2 Å². The molecule has 0 aliphatic carbocycles. The minimum absolute atomic E-state index is 0.0590. The molecule has 1 aromatic heterocycles. The van der Waals surface area contributed by atoms with E-state index in [4.69, 9.17) is 0 Å². The molecule has 7 heteroatoms. The maximum atomic E-state index is 13.8. The lowest BCUT2D eigenvalue weighted by Crippen LogP contribution is -2.51. The summed E-state index contributed by atoms with van der Waals surface area (Å²) in [5, 5.41) is 2.16. The second-order valence-corrected chi connectivity index (χ2v) is 10.7. The number of benzene rings is 2. The molecular formula is C29H32FN3O2S. The van der Waals surface area contributed by atoms with Crippen molar-refractivity contribution in [2.45, 2.75) is 38.8 Å². The second-order valence-electron chi connectivity index (χ2n) is 9.70. The molecule has 2 unspecified atom stereocenters. The third-order valence-corrected chi connectivity index (χ3v) is 8.52. The van der Waals surface area contributed by atoms with Crippen LogP contribution in [0.2, 0.25) is 0 Å². The highest BCUT2D eigenvalue weighted by Gasteiger charge is 2.37. The van der Waals surface area contributed by atoms with E-state index >= 15 is 0 Å². The molecule has 0 spiro atoms. The number of aryl methyl sites for hydroxylation is 1. The van der Waals surface area contributed by atoms with Crippen molar-refractivity contribution < 1.29 is 14.0 Å². The van der Waals surface area contributed by atoms with Gasteiger partial charge in [0.05, 0.1) is 12.1 Å². The summed E-state index contributed by atoms with van der Waals surface area (Å²) in [5.74, 6) is -0.356. The minimum Gasteiger partial charge on any atom is -0.340 e. The first-order chi connectivity index (χ1) is 17.4. The van der Waals surface area contributed by atoms with Crippen LogP contribution in [-0.2, 0) is 11.2 Å². The fourth-order valence-electron chi connectivity index (χ4n) is 5.51. The van der Waals surface area contributed by atoms with Gasteiger partial charge in [-0.05, 0) is 79.1 Å². The number of hydrogen-bond donors (Lipinski definition) is 0. The van der Waals surface area contributed by atoms with Crippen LogP contribution in [0.4, 0.5) is 4.39 Å². The molecule has 5 rings (SSSR count). The molecule has 2 aromatic carbocycles. The van der Waals surface area contributed by atoms with E-state index in [-0.39, 0.29) is 29.7 Å². The number of carbonyl (C=O) groups excluding carboxylic acids is 2. The SMILES string of the molecule is Cc1ccccc1C1c2ccsc2CCN1C(C)C(=O)N1CCCN(C(=O)c2ccc(F)cc2)CC1. The minimum atomic E-state index is -0.357. The normalized spacial score (nSPS) is 19.5. The predicted molar refractivity (Wildman–Crippen MR) is 141 cm³/mol. The fraction of sp³-hybridized carbons (Fsp3) is 0.379.